The zero-order chi connectivity index (χ0) is 30.0. The fourth-order valence-electron chi connectivity index (χ4n) is 4.67. The van der Waals surface area contributed by atoms with E-state index in [1.54, 1.807) is 12.3 Å². The summed E-state index contributed by atoms with van der Waals surface area (Å²) in [5.41, 5.74) is 2.07. The number of unbranched alkanes of at least 4 members (excludes halogenated alkanes) is 1. The molecule has 4 rings (SSSR count). The van der Waals surface area contributed by atoms with E-state index in [0.717, 1.165) is 55.9 Å². The third-order valence-electron chi connectivity index (χ3n) is 7.05. The van der Waals surface area contributed by atoms with Gasteiger partial charge in [0.2, 0.25) is 5.95 Å². The summed E-state index contributed by atoms with van der Waals surface area (Å²) in [6.07, 6.45) is 3.33. The number of carboxylic acids is 1. The predicted octanol–water partition coefficient (Wildman–Crippen LogP) is 4.61. The number of aromatic nitrogens is 4. The van der Waals surface area contributed by atoms with Crippen LogP contribution in [0.4, 0.5) is 24.9 Å². The van der Waals surface area contributed by atoms with Crippen LogP contribution >= 0.6 is 0 Å². The Morgan fingerprint density at radius 3 is 2.69 bits per heavy atom. The molecule has 226 valence electrons. The average molecular weight is 588 g/mol. The Bertz CT molecular complexity index is 1310. The van der Waals surface area contributed by atoms with E-state index in [1.807, 2.05) is 13.0 Å². The van der Waals surface area contributed by atoms with E-state index >= 15 is 0 Å². The number of anilines is 2. The Morgan fingerprint density at radius 1 is 1.14 bits per heavy atom. The normalized spacial score (nSPS) is 13.7. The largest absolute Gasteiger partial charge is 0.490 e. The van der Waals surface area contributed by atoms with Crippen molar-refractivity contribution >= 4 is 17.7 Å². The predicted molar refractivity (Wildman–Crippen MR) is 152 cm³/mol. The highest BCUT2D eigenvalue weighted by Gasteiger charge is 2.31. The highest BCUT2D eigenvalue weighted by Crippen LogP contribution is 2.28. The summed E-state index contributed by atoms with van der Waals surface area (Å²) in [6.45, 7) is 4.87. The number of ether oxygens (including phenoxy) is 1. The lowest BCUT2D eigenvalue weighted by molar-refractivity contribution is -0.139. The van der Waals surface area contributed by atoms with Crippen LogP contribution in [0.2, 0.25) is 0 Å². The molecule has 0 aromatic carbocycles. The van der Waals surface area contributed by atoms with Gasteiger partial charge in [0.1, 0.15) is 24.2 Å². The van der Waals surface area contributed by atoms with Crippen LogP contribution in [-0.4, -0.2) is 74.7 Å². The molecule has 4 heterocycles. The number of pyridine rings is 2. The molecular weight excluding hydrogens is 551 g/mol. The van der Waals surface area contributed by atoms with Crippen LogP contribution in [0, 0.1) is 6.92 Å². The number of carboxylic acid groups (broad SMARTS) is 1. The fraction of sp³-hybridized carbons (Fsp3) is 0.483. The van der Waals surface area contributed by atoms with Gasteiger partial charge in [-0.1, -0.05) is 6.07 Å². The number of halogens is 3. The van der Waals surface area contributed by atoms with Gasteiger partial charge in [-0.05, 0) is 75.8 Å². The summed E-state index contributed by atoms with van der Waals surface area (Å²) in [5.74, 6) is 0.346. The third kappa shape index (κ3) is 9.26. The first-order valence-electron chi connectivity index (χ1n) is 14.1. The summed E-state index contributed by atoms with van der Waals surface area (Å²) in [4.78, 5) is 30.3. The second kappa shape index (κ2) is 14.8. The number of hydrogen-bond acceptors (Lipinski definition) is 9. The summed E-state index contributed by atoms with van der Waals surface area (Å²) >= 11 is 0. The van der Waals surface area contributed by atoms with Crippen molar-refractivity contribution in [3.8, 4) is 5.75 Å². The Hall–Kier alpha value is -4.00. The van der Waals surface area contributed by atoms with Crippen molar-refractivity contribution in [2.24, 2.45) is 0 Å². The minimum absolute atomic E-state index is 0.177. The van der Waals surface area contributed by atoms with Crippen molar-refractivity contribution in [2.75, 3.05) is 43.4 Å². The number of aliphatic carboxylic acids is 1. The smallest absolute Gasteiger partial charge is 0.419 e. The van der Waals surface area contributed by atoms with E-state index in [1.165, 1.54) is 5.56 Å². The summed E-state index contributed by atoms with van der Waals surface area (Å²) in [7, 11) is 0. The molecule has 3 aromatic rings. The maximum Gasteiger partial charge on any atom is 0.419 e. The molecule has 0 saturated heterocycles. The number of aryl methyl sites for hydroxylation is 3. The number of alkyl halides is 3. The number of fused-ring (bicyclic) bond motifs is 1. The van der Waals surface area contributed by atoms with E-state index in [0.29, 0.717) is 44.4 Å². The molecule has 0 fully saturated rings. The molecule has 3 aromatic heterocycles. The summed E-state index contributed by atoms with van der Waals surface area (Å²) in [5, 5.41) is 15.8. The molecular formula is C29H36F3N7O3. The molecule has 10 nitrogen and oxygen atoms in total. The Balaban J connectivity index is 1.32. The molecule has 1 aliphatic rings. The lowest BCUT2D eigenvalue weighted by Gasteiger charge is -2.24. The van der Waals surface area contributed by atoms with Gasteiger partial charge in [0.15, 0.2) is 0 Å². The van der Waals surface area contributed by atoms with Crippen LogP contribution in [-0.2, 0) is 23.8 Å². The minimum atomic E-state index is -4.57. The molecule has 3 N–H and O–H groups in total. The molecule has 0 bridgehead atoms. The number of nitrogens with zero attached hydrogens (tertiary/aromatic N) is 5. The van der Waals surface area contributed by atoms with Gasteiger partial charge in [-0.25, -0.2) is 19.7 Å². The van der Waals surface area contributed by atoms with Gasteiger partial charge in [0.05, 0.1) is 11.3 Å². The number of hydrogen-bond donors (Lipinski definition) is 3. The van der Waals surface area contributed by atoms with Gasteiger partial charge in [0, 0.05) is 43.9 Å². The van der Waals surface area contributed by atoms with E-state index < -0.39 is 23.8 Å². The van der Waals surface area contributed by atoms with E-state index in [4.69, 9.17) is 9.72 Å². The zero-order valence-electron chi connectivity index (χ0n) is 23.5. The topological polar surface area (TPSA) is 125 Å². The lowest BCUT2D eigenvalue weighted by Crippen LogP contribution is -2.37. The molecule has 0 aliphatic carbocycles. The highest BCUT2D eigenvalue weighted by atomic mass is 19.4. The maximum absolute atomic E-state index is 12.8. The molecule has 1 atom stereocenters. The third-order valence-corrected chi connectivity index (χ3v) is 7.05. The summed E-state index contributed by atoms with van der Waals surface area (Å²) < 4.78 is 44.4. The summed E-state index contributed by atoms with van der Waals surface area (Å²) in [6, 6.07) is 6.80. The first kappa shape index (κ1) is 30.9. The van der Waals surface area contributed by atoms with Crippen LogP contribution < -0.4 is 15.4 Å². The van der Waals surface area contributed by atoms with Crippen molar-refractivity contribution in [3.63, 3.8) is 0 Å². The van der Waals surface area contributed by atoms with Crippen LogP contribution in [0.15, 0.2) is 42.9 Å². The Morgan fingerprint density at radius 2 is 1.95 bits per heavy atom. The van der Waals surface area contributed by atoms with Gasteiger partial charge in [0.25, 0.3) is 0 Å². The molecule has 42 heavy (non-hydrogen) atoms. The zero-order valence-corrected chi connectivity index (χ0v) is 23.5. The lowest BCUT2D eigenvalue weighted by atomic mass is 10.1. The molecule has 0 radical (unpaired) electrons. The van der Waals surface area contributed by atoms with Gasteiger partial charge >= 0.3 is 12.1 Å². The van der Waals surface area contributed by atoms with E-state index in [9.17, 15) is 23.1 Å². The van der Waals surface area contributed by atoms with Gasteiger partial charge in [-0.15, -0.1) is 0 Å². The SMILES string of the molecule is Cc1ncccc1OCCN(CCCCc1ccc2c(n1)NCCC2)CC[C@H](Nc1ncc(C(F)(F)F)cn1)C(=O)O. The average Bonchev–Trinajstić information content (AvgIpc) is 2.97. The molecule has 13 heteroatoms. The number of nitrogens with one attached hydrogen (secondary N) is 2. The molecule has 0 saturated carbocycles. The van der Waals surface area contributed by atoms with Crippen LogP contribution in [0.3, 0.4) is 0 Å². The number of carbonyl (C=O) groups is 1. The van der Waals surface area contributed by atoms with Crippen LogP contribution in [0.25, 0.3) is 0 Å². The quantitative estimate of drug-likeness (QED) is 0.217. The second-order valence-corrected chi connectivity index (χ2v) is 10.2. The Kier molecular flexibility index (Phi) is 10.9. The van der Waals surface area contributed by atoms with Crippen LogP contribution in [0.1, 0.15) is 48.2 Å². The highest BCUT2D eigenvalue weighted by molar-refractivity contribution is 5.76. The standard InChI is InChI=1S/C29H36F3N7O3/c1-20-25(8-5-12-33-20)42-17-16-39(14-3-2-7-23-10-9-21-6-4-13-34-26(21)37-23)15-11-24(27(40)41)38-28-35-18-22(19-36-28)29(30,31)32/h5,8-10,12,18-19,24H,2-4,6-7,11,13-17H2,1H3,(H,34,37)(H,40,41)(H,35,36,38)/t24-/m0/s1. The first-order chi connectivity index (χ1) is 20.2. The van der Waals surface area contributed by atoms with E-state index in [2.05, 4.69) is 42.6 Å². The van der Waals surface area contributed by atoms with Gasteiger partial charge in [-0.3, -0.25) is 9.88 Å². The van der Waals surface area contributed by atoms with Gasteiger partial charge < -0.3 is 20.5 Å². The fourth-order valence-corrected chi connectivity index (χ4v) is 4.67. The molecule has 0 amide bonds. The van der Waals surface area contributed by atoms with Crippen molar-refractivity contribution < 1.29 is 27.8 Å². The number of rotatable bonds is 15. The van der Waals surface area contributed by atoms with Crippen molar-refractivity contribution in [1.82, 2.24) is 24.8 Å². The minimum Gasteiger partial charge on any atom is -0.490 e. The first-order valence-corrected chi connectivity index (χ1v) is 14.1. The van der Waals surface area contributed by atoms with Crippen molar-refractivity contribution in [2.45, 2.75) is 57.7 Å². The maximum atomic E-state index is 12.8. The van der Waals surface area contributed by atoms with E-state index in [-0.39, 0.29) is 12.4 Å². The van der Waals surface area contributed by atoms with Crippen molar-refractivity contribution in [1.29, 1.82) is 0 Å². The molecule has 1 aliphatic heterocycles. The molecule has 0 unspecified atom stereocenters. The van der Waals surface area contributed by atoms with Crippen molar-refractivity contribution in [3.05, 3.63) is 65.4 Å². The monoisotopic (exact) mass is 587 g/mol. The van der Waals surface area contributed by atoms with Gasteiger partial charge in [-0.2, -0.15) is 13.2 Å². The van der Waals surface area contributed by atoms with Crippen LogP contribution in [0.5, 0.6) is 5.75 Å². The second-order valence-electron chi connectivity index (χ2n) is 10.2. The molecule has 0 spiro atoms. The Labute approximate surface area is 242 Å².